The fraction of sp³-hybridized carbons (Fsp3) is 0.941. The van der Waals surface area contributed by atoms with Crippen molar-refractivity contribution >= 4 is 5.91 Å². The van der Waals surface area contributed by atoms with Gasteiger partial charge >= 0.3 is 0 Å². The van der Waals surface area contributed by atoms with Crippen LogP contribution in [0.5, 0.6) is 0 Å². The van der Waals surface area contributed by atoms with Gasteiger partial charge in [-0.1, -0.05) is 26.2 Å². The minimum absolute atomic E-state index is 0.103. The molecule has 3 nitrogen and oxygen atoms in total. The molecule has 3 aliphatic rings. The topological polar surface area (TPSA) is 55.1 Å². The van der Waals surface area contributed by atoms with Gasteiger partial charge in [-0.15, -0.1) is 0 Å². The number of rotatable bonds is 4. The van der Waals surface area contributed by atoms with E-state index in [0.29, 0.717) is 23.8 Å². The lowest BCUT2D eigenvalue weighted by molar-refractivity contribution is -0.128. The second kappa shape index (κ2) is 6.05. The van der Waals surface area contributed by atoms with Crippen LogP contribution < -0.4 is 11.1 Å². The number of nitrogens with two attached hydrogens (primary N) is 1. The third-order valence-corrected chi connectivity index (χ3v) is 6.27. The average molecular weight is 278 g/mol. The summed E-state index contributed by atoms with van der Waals surface area (Å²) in [5, 5.41) is 3.37. The van der Waals surface area contributed by atoms with Crippen LogP contribution in [0.2, 0.25) is 0 Å². The van der Waals surface area contributed by atoms with Crippen LogP contribution >= 0.6 is 0 Å². The highest BCUT2D eigenvalue weighted by Crippen LogP contribution is 2.47. The van der Waals surface area contributed by atoms with Crippen molar-refractivity contribution in [2.24, 2.45) is 29.4 Å². The van der Waals surface area contributed by atoms with Gasteiger partial charge in [-0.05, 0) is 56.3 Å². The molecule has 0 saturated heterocycles. The Morgan fingerprint density at radius 1 is 1.15 bits per heavy atom. The van der Waals surface area contributed by atoms with E-state index in [0.717, 1.165) is 6.42 Å². The van der Waals surface area contributed by atoms with Crippen LogP contribution in [0, 0.1) is 23.7 Å². The predicted octanol–water partition coefficient (Wildman–Crippen LogP) is 2.83. The second-order valence-electron chi connectivity index (χ2n) is 7.36. The smallest absolute Gasteiger partial charge is 0.225 e. The minimum atomic E-state index is 0.103. The highest BCUT2D eigenvalue weighted by molar-refractivity contribution is 5.80. The number of nitrogens with one attached hydrogen (secondary N) is 1. The summed E-state index contributed by atoms with van der Waals surface area (Å²) in [5.74, 6) is 2.25. The maximum atomic E-state index is 12.7. The first-order valence-corrected chi connectivity index (χ1v) is 8.76. The van der Waals surface area contributed by atoms with Gasteiger partial charge in [0.1, 0.15) is 0 Å². The third-order valence-electron chi connectivity index (χ3n) is 6.27. The molecule has 0 aromatic heterocycles. The van der Waals surface area contributed by atoms with Crippen molar-refractivity contribution in [2.75, 3.05) is 0 Å². The number of fused-ring (bicyclic) bond motifs is 2. The first-order chi connectivity index (χ1) is 9.70. The predicted molar refractivity (Wildman–Crippen MR) is 81.1 cm³/mol. The Morgan fingerprint density at radius 3 is 2.45 bits per heavy atom. The van der Waals surface area contributed by atoms with Crippen molar-refractivity contribution in [3.8, 4) is 0 Å². The first kappa shape index (κ1) is 14.4. The fourth-order valence-corrected chi connectivity index (χ4v) is 5.09. The van der Waals surface area contributed by atoms with Gasteiger partial charge in [0.05, 0.1) is 5.92 Å². The lowest BCUT2D eigenvalue weighted by Gasteiger charge is -2.33. The molecule has 3 N–H and O–H groups in total. The van der Waals surface area contributed by atoms with Crippen molar-refractivity contribution in [3.63, 3.8) is 0 Å². The van der Waals surface area contributed by atoms with Gasteiger partial charge in [0.15, 0.2) is 0 Å². The first-order valence-electron chi connectivity index (χ1n) is 8.76. The summed E-state index contributed by atoms with van der Waals surface area (Å²) in [6.45, 7) is 2.21. The van der Waals surface area contributed by atoms with E-state index in [1.54, 1.807) is 0 Å². The standard InChI is InChI=1S/C17H30N2O/c1-2-14(11-6-4-3-5-7-11)19-17(20)15-12-8-9-13(10-12)16(15)18/h11-16H,2-10,18H2,1H3,(H,19,20). The Balaban J connectivity index is 1.59. The molecule has 3 fully saturated rings. The molecule has 3 rings (SSSR count). The molecule has 3 saturated carbocycles. The zero-order valence-corrected chi connectivity index (χ0v) is 12.8. The number of amides is 1. The largest absolute Gasteiger partial charge is 0.353 e. The van der Waals surface area contributed by atoms with Gasteiger partial charge in [0.2, 0.25) is 5.91 Å². The van der Waals surface area contributed by atoms with Gasteiger partial charge in [-0.3, -0.25) is 4.79 Å². The second-order valence-corrected chi connectivity index (χ2v) is 7.36. The summed E-state index contributed by atoms with van der Waals surface area (Å²) < 4.78 is 0. The summed E-state index contributed by atoms with van der Waals surface area (Å²) in [5.41, 5.74) is 6.30. The van der Waals surface area contributed by atoms with Gasteiger partial charge in [0, 0.05) is 12.1 Å². The van der Waals surface area contributed by atoms with E-state index < -0.39 is 0 Å². The van der Waals surface area contributed by atoms with E-state index in [1.807, 2.05) is 0 Å². The molecule has 0 spiro atoms. The molecule has 3 aliphatic carbocycles. The molecule has 0 aromatic carbocycles. The molecule has 0 radical (unpaired) electrons. The molecule has 5 atom stereocenters. The Kier molecular flexibility index (Phi) is 4.34. The summed E-state index contributed by atoms with van der Waals surface area (Å²) in [7, 11) is 0. The van der Waals surface area contributed by atoms with Crippen LogP contribution in [0.25, 0.3) is 0 Å². The van der Waals surface area contributed by atoms with Gasteiger partial charge < -0.3 is 11.1 Å². The van der Waals surface area contributed by atoms with Crippen molar-refractivity contribution < 1.29 is 4.79 Å². The minimum Gasteiger partial charge on any atom is -0.353 e. The molecule has 1 amide bonds. The van der Waals surface area contributed by atoms with E-state index in [4.69, 9.17) is 5.73 Å². The van der Waals surface area contributed by atoms with Crippen molar-refractivity contribution in [2.45, 2.75) is 76.8 Å². The van der Waals surface area contributed by atoms with Crippen LogP contribution in [-0.2, 0) is 4.79 Å². The lowest BCUT2D eigenvalue weighted by atomic mass is 9.81. The molecule has 3 heteroatoms. The maximum absolute atomic E-state index is 12.7. The zero-order valence-electron chi connectivity index (χ0n) is 12.8. The third kappa shape index (κ3) is 2.61. The number of hydrogen-bond donors (Lipinski definition) is 2. The lowest BCUT2D eigenvalue weighted by Crippen LogP contribution is -2.50. The normalized spacial score (nSPS) is 38.9. The molecule has 2 bridgehead atoms. The van der Waals surface area contributed by atoms with Crippen LogP contribution in [0.3, 0.4) is 0 Å². The summed E-state index contributed by atoms with van der Waals surface area (Å²) in [4.78, 5) is 12.7. The summed E-state index contributed by atoms with van der Waals surface area (Å²) >= 11 is 0. The Hall–Kier alpha value is -0.570. The average Bonchev–Trinajstić information content (AvgIpc) is 3.06. The molecule has 114 valence electrons. The van der Waals surface area contributed by atoms with E-state index in [9.17, 15) is 4.79 Å². The Labute approximate surface area is 123 Å². The molecule has 5 unspecified atom stereocenters. The molecule has 0 aliphatic heterocycles. The van der Waals surface area contributed by atoms with Gasteiger partial charge in [-0.25, -0.2) is 0 Å². The van der Waals surface area contributed by atoms with Gasteiger partial charge in [0.25, 0.3) is 0 Å². The fourth-order valence-electron chi connectivity index (χ4n) is 5.09. The molecular formula is C17H30N2O. The highest BCUT2D eigenvalue weighted by atomic mass is 16.2. The molecule has 0 heterocycles. The number of carbonyl (C=O) groups excluding carboxylic acids is 1. The molecule has 20 heavy (non-hydrogen) atoms. The van der Waals surface area contributed by atoms with E-state index in [2.05, 4.69) is 12.2 Å². The van der Waals surface area contributed by atoms with Crippen molar-refractivity contribution in [1.82, 2.24) is 5.32 Å². The SMILES string of the molecule is CCC(NC(=O)C1C2CCC(C2)C1N)C1CCCCC1. The van der Waals surface area contributed by atoms with Crippen molar-refractivity contribution in [1.29, 1.82) is 0 Å². The van der Waals surface area contributed by atoms with Crippen LogP contribution in [0.4, 0.5) is 0 Å². The van der Waals surface area contributed by atoms with Crippen LogP contribution in [0.15, 0.2) is 0 Å². The molecular weight excluding hydrogens is 248 g/mol. The molecule has 0 aromatic rings. The Bertz CT molecular complexity index is 349. The zero-order chi connectivity index (χ0) is 14.1. The summed E-state index contributed by atoms with van der Waals surface area (Å²) in [6.07, 6.45) is 11.4. The van der Waals surface area contributed by atoms with E-state index >= 15 is 0 Å². The Morgan fingerprint density at radius 2 is 1.85 bits per heavy atom. The number of hydrogen-bond acceptors (Lipinski definition) is 2. The monoisotopic (exact) mass is 278 g/mol. The van der Waals surface area contributed by atoms with Gasteiger partial charge in [-0.2, -0.15) is 0 Å². The maximum Gasteiger partial charge on any atom is 0.225 e. The van der Waals surface area contributed by atoms with Crippen molar-refractivity contribution in [3.05, 3.63) is 0 Å². The number of carbonyl (C=O) groups is 1. The summed E-state index contributed by atoms with van der Waals surface area (Å²) in [6, 6.07) is 0.506. The van der Waals surface area contributed by atoms with Crippen LogP contribution in [-0.4, -0.2) is 18.0 Å². The quantitative estimate of drug-likeness (QED) is 0.831. The van der Waals surface area contributed by atoms with E-state index in [1.165, 1.54) is 51.4 Å². The van der Waals surface area contributed by atoms with Crippen LogP contribution in [0.1, 0.15) is 64.7 Å². The van der Waals surface area contributed by atoms with E-state index in [-0.39, 0.29) is 17.9 Å². The highest BCUT2D eigenvalue weighted by Gasteiger charge is 2.49.